The van der Waals surface area contributed by atoms with Gasteiger partial charge in [-0.3, -0.25) is 0 Å². The van der Waals surface area contributed by atoms with Crippen molar-refractivity contribution in [3.8, 4) is 0 Å². The van der Waals surface area contributed by atoms with Gasteiger partial charge in [-0.25, -0.2) is 4.89 Å². The molecule has 6 heavy (non-hydrogen) atoms. The minimum atomic E-state index is 0.566. The van der Waals surface area contributed by atoms with Gasteiger partial charge in [-0.05, 0) is 0 Å². The maximum absolute atomic E-state index is 4.43. The summed E-state index contributed by atoms with van der Waals surface area (Å²) >= 11 is 0. The van der Waals surface area contributed by atoms with Crippen LogP contribution in [-0.2, 0) is 9.69 Å². The first-order valence-corrected chi connectivity index (χ1v) is 1.77. The summed E-state index contributed by atoms with van der Waals surface area (Å²) in [7, 11) is 1.49. The average molecular weight is 82.9 g/mol. The predicted molar refractivity (Wildman–Crippen MR) is 21.9 cm³/mol. The zero-order chi connectivity index (χ0) is 4.24. The molecule has 0 N–H and O–H groups in total. The van der Waals surface area contributed by atoms with Crippen LogP contribution in [0.5, 0.6) is 0 Å². The molecule has 0 amide bonds. The Kier molecular flexibility index (Phi) is 1.30. The highest BCUT2D eigenvalue weighted by Crippen LogP contribution is 1.84. The maximum atomic E-state index is 4.43. The van der Waals surface area contributed by atoms with Crippen LogP contribution in [0.3, 0.4) is 0 Å². The van der Waals surface area contributed by atoms with Crippen LogP contribution >= 0.6 is 0 Å². The molecule has 0 atom stereocenters. The molecule has 1 heterocycles. The summed E-state index contributed by atoms with van der Waals surface area (Å²) in [5, 5.41) is 0. The quantitative estimate of drug-likeness (QED) is 0.305. The van der Waals surface area contributed by atoms with Crippen molar-refractivity contribution in [2.75, 3.05) is 6.61 Å². The third-order valence-corrected chi connectivity index (χ3v) is 0.503. The first-order chi connectivity index (χ1) is 3.00. The molecule has 0 bridgehead atoms. The van der Waals surface area contributed by atoms with Gasteiger partial charge in [0.2, 0.25) is 0 Å². The summed E-state index contributed by atoms with van der Waals surface area (Å²) in [6.07, 6.45) is 1.86. The van der Waals surface area contributed by atoms with Crippen molar-refractivity contribution in [1.82, 2.24) is 0 Å². The van der Waals surface area contributed by atoms with Crippen molar-refractivity contribution in [3.63, 3.8) is 0 Å². The van der Waals surface area contributed by atoms with Crippen molar-refractivity contribution in [1.29, 1.82) is 0 Å². The van der Waals surface area contributed by atoms with Crippen LogP contribution < -0.4 is 0 Å². The van der Waals surface area contributed by atoms with Gasteiger partial charge in [-0.15, -0.1) is 0 Å². The normalized spacial score (nSPS) is 20.0. The highest BCUT2D eigenvalue weighted by atomic mass is 17.2. The van der Waals surface area contributed by atoms with Crippen molar-refractivity contribution >= 4 is 7.48 Å². The molecule has 3 heteroatoms. The number of hydrogen-bond acceptors (Lipinski definition) is 2. The highest BCUT2D eigenvalue weighted by Gasteiger charge is 1.90. The van der Waals surface area contributed by atoms with Crippen molar-refractivity contribution in [3.05, 3.63) is 12.1 Å². The Balaban J connectivity index is 2.26. The summed E-state index contributed by atoms with van der Waals surface area (Å²) in [5.74, 6) is 1.80. The first kappa shape index (κ1) is 3.90. The Morgan fingerprint density at radius 2 is 2.67 bits per heavy atom. The molecule has 2 nitrogen and oxygen atoms in total. The molecule has 1 aliphatic rings. The molecule has 0 aromatic heterocycles. The molecule has 0 spiro atoms. The predicted octanol–water partition coefficient (Wildman–Crippen LogP) is 0.0811. The molecule has 0 aliphatic carbocycles. The molecule has 1 aliphatic heterocycles. The lowest BCUT2D eigenvalue weighted by atomic mass is 10.0. The molecule has 1 rings (SSSR count). The second-order valence-corrected chi connectivity index (χ2v) is 0.945. The second-order valence-electron chi connectivity index (χ2n) is 0.945. The van der Waals surface area contributed by atoms with Crippen molar-refractivity contribution < 1.29 is 9.69 Å². The Bertz CT molecular complexity index is 53.8. The Labute approximate surface area is 37.0 Å². The molecule has 0 aromatic carbocycles. The van der Waals surface area contributed by atoms with Gasteiger partial charge in [0.25, 0.3) is 0 Å². The topological polar surface area (TPSA) is 18.5 Å². The summed E-state index contributed by atoms with van der Waals surface area (Å²) in [6.45, 7) is 0.566. The molecular weight excluding hydrogens is 78.8 g/mol. The fraction of sp³-hybridized carbons (Fsp3) is 0.333. The molecule has 0 aromatic rings. The zero-order valence-electron chi connectivity index (χ0n) is 3.26. The summed E-state index contributed by atoms with van der Waals surface area (Å²) in [4.78, 5) is 8.78. The van der Waals surface area contributed by atoms with E-state index < -0.39 is 0 Å². The van der Waals surface area contributed by atoms with Crippen LogP contribution in [-0.4, -0.2) is 14.1 Å². The summed E-state index contributed by atoms with van der Waals surface area (Å²) in [5.41, 5.74) is 0. The van der Waals surface area contributed by atoms with Gasteiger partial charge in [-0.2, -0.15) is 0 Å². The van der Waals surface area contributed by atoms with Crippen LogP contribution in [0.25, 0.3) is 0 Å². The first-order valence-electron chi connectivity index (χ1n) is 1.77. The van der Waals surface area contributed by atoms with E-state index in [1.54, 1.807) is 5.98 Å². The largest absolute Gasteiger partial charge is 0.373 e. The van der Waals surface area contributed by atoms with Gasteiger partial charge in [-0.1, -0.05) is 12.1 Å². The van der Waals surface area contributed by atoms with Crippen LogP contribution in [0.4, 0.5) is 0 Å². The second kappa shape index (κ2) is 2.00. The van der Waals surface area contributed by atoms with E-state index in [-0.39, 0.29) is 0 Å². The van der Waals surface area contributed by atoms with E-state index in [1.165, 1.54) is 7.48 Å². The van der Waals surface area contributed by atoms with Gasteiger partial charge in [0, 0.05) is 0 Å². The lowest BCUT2D eigenvalue weighted by molar-refractivity contribution is -0.198. The van der Waals surface area contributed by atoms with Gasteiger partial charge >= 0.3 is 7.48 Å². The van der Waals surface area contributed by atoms with Crippen LogP contribution in [0.1, 0.15) is 0 Å². The standard InChI is InChI=1S/C3H4BO2/c1-2-4-6-5-3-1/h1-2H,3H2. The van der Waals surface area contributed by atoms with E-state index in [0.717, 1.165) is 0 Å². The Hall–Kier alpha value is -0.275. The molecule has 0 saturated carbocycles. The Morgan fingerprint density at radius 1 is 1.67 bits per heavy atom. The average Bonchev–Trinajstić information content (AvgIpc) is 1.72. The molecule has 0 fully saturated rings. The third-order valence-electron chi connectivity index (χ3n) is 0.503. The van der Waals surface area contributed by atoms with Crippen LogP contribution in [0, 0.1) is 0 Å². The monoisotopic (exact) mass is 83.0 g/mol. The van der Waals surface area contributed by atoms with Crippen LogP contribution in [0.2, 0.25) is 0 Å². The zero-order valence-corrected chi connectivity index (χ0v) is 3.26. The van der Waals surface area contributed by atoms with E-state index in [1.807, 2.05) is 6.08 Å². The minimum Gasteiger partial charge on any atom is -0.305 e. The van der Waals surface area contributed by atoms with Crippen molar-refractivity contribution in [2.24, 2.45) is 0 Å². The van der Waals surface area contributed by atoms with E-state index in [2.05, 4.69) is 9.69 Å². The molecule has 0 saturated heterocycles. The Morgan fingerprint density at radius 3 is 2.83 bits per heavy atom. The number of hydrogen-bond donors (Lipinski definition) is 0. The van der Waals surface area contributed by atoms with Gasteiger partial charge < -0.3 is 4.81 Å². The highest BCUT2D eigenvalue weighted by molar-refractivity contribution is 6.34. The van der Waals surface area contributed by atoms with Crippen molar-refractivity contribution in [2.45, 2.75) is 0 Å². The van der Waals surface area contributed by atoms with Crippen LogP contribution in [0.15, 0.2) is 12.1 Å². The SMILES string of the molecule is [B]1C=CCOO1. The summed E-state index contributed by atoms with van der Waals surface area (Å²) in [6, 6.07) is 0. The fourth-order valence-electron chi connectivity index (χ4n) is 0.261. The van der Waals surface area contributed by atoms with E-state index in [0.29, 0.717) is 6.61 Å². The number of rotatable bonds is 0. The minimum absolute atomic E-state index is 0.566. The fourth-order valence-corrected chi connectivity index (χ4v) is 0.261. The molecule has 0 unspecified atom stereocenters. The summed E-state index contributed by atoms with van der Waals surface area (Å²) < 4.78 is 0. The van der Waals surface area contributed by atoms with E-state index in [4.69, 9.17) is 0 Å². The van der Waals surface area contributed by atoms with Gasteiger partial charge in [0.15, 0.2) is 0 Å². The smallest absolute Gasteiger partial charge is 0.305 e. The van der Waals surface area contributed by atoms with Gasteiger partial charge in [0.05, 0.1) is 6.61 Å². The lowest BCUT2D eigenvalue weighted by Gasteiger charge is -1.99. The molecular formula is C3H4BO2. The van der Waals surface area contributed by atoms with E-state index in [9.17, 15) is 0 Å². The van der Waals surface area contributed by atoms with E-state index >= 15 is 0 Å². The maximum Gasteiger partial charge on any atom is 0.373 e. The third kappa shape index (κ3) is 0.844. The molecule has 1 radical (unpaired) electrons. The van der Waals surface area contributed by atoms with Gasteiger partial charge in [0.1, 0.15) is 0 Å². The lowest BCUT2D eigenvalue weighted by Crippen LogP contribution is -2.02. The molecule has 31 valence electrons.